The van der Waals surface area contributed by atoms with Crippen molar-refractivity contribution >= 4 is 14.1 Å². The normalized spacial score (nSPS) is 29.7. The predicted octanol–water partition coefficient (Wildman–Crippen LogP) is 1.36. The molecule has 0 bridgehead atoms. The minimum absolute atomic E-state index is 0.332. The molecule has 2 atom stereocenters. The van der Waals surface area contributed by atoms with Crippen LogP contribution in [0.4, 0.5) is 0 Å². The van der Waals surface area contributed by atoms with Gasteiger partial charge in [-0.2, -0.15) is 0 Å². The van der Waals surface area contributed by atoms with Crippen molar-refractivity contribution in [2.45, 2.75) is 32.1 Å². The Balaban J connectivity index is 3.01. The summed E-state index contributed by atoms with van der Waals surface area (Å²) in [6.45, 7) is 4.40. The second-order valence-corrected chi connectivity index (χ2v) is 3.43. The number of hydrogen-bond acceptors (Lipinski definition) is 4. The van der Waals surface area contributed by atoms with E-state index in [0.29, 0.717) is 24.4 Å². The maximum atomic E-state index is 11.6. The summed E-state index contributed by atoms with van der Waals surface area (Å²) in [4.78, 5) is 0. The van der Waals surface area contributed by atoms with Crippen molar-refractivity contribution in [3.63, 3.8) is 0 Å². The quantitative estimate of drug-likeness (QED) is 0.416. The molecule has 0 aliphatic carbocycles. The van der Waals surface area contributed by atoms with Crippen molar-refractivity contribution in [3.8, 4) is 5.63 Å². The van der Waals surface area contributed by atoms with E-state index in [0.717, 1.165) is 0 Å². The Bertz CT molecular complexity index is 350. The molecule has 1 aliphatic rings. The van der Waals surface area contributed by atoms with E-state index in [1.165, 1.54) is 6.21 Å². The number of nitrogens with zero attached hydrogens (tertiary/aromatic N) is 1. The van der Waals surface area contributed by atoms with Gasteiger partial charge in [0, 0.05) is 0 Å². The molecule has 15 heavy (non-hydrogen) atoms. The fourth-order valence-electron chi connectivity index (χ4n) is 1.61. The van der Waals surface area contributed by atoms with Crippen LogP contribution in [-0.2, 0) is 14.0 Å². The van der Waals surface area contributed by atoms with E-state index in [2.05, 4.69) is 5.63 Å². The zero-order chi connectivity index (χ0) is 11.3. The molecule has 0 fully saturated rings. The molecule has 2 unspecified atom stereocenters. The standard InChI is InChI=1S/C9H14NO4P/c1-3-13-8-5-6-10(11)9(8,7-15-12)14-4-2/h6,8H,3-5H2,1-2H3. The van der Waals surface area contributed by atoms with Crippen molar-refractivity contribution in [1.82, 2.24) is 0 Å². The van der Waals surface area contributed by atoms with E-state index in [1.807, 2.05) is 6.92 Å². The Morgan fingerprint density at radius 1 is 1.67 bits per heavy atom. The van der Waals surface area contributed by atoms with E-state index >= 15 is 0 Å². The summed E-state index contributed by atoms with van der Waals surface area (Å²) in [5, 5.41) is 11.6. The van der Waals surface area contributed by atoms with Gasteiger partial charge in [0.25, 0.3) is 0 Å². The summed E-state index contributed by atoms with van der Waals surface area (Å²) in [5.41, 5.74) is 1.14. The van der Waals surface area contributed by atoms with E-state index in [1.54, 1.807) is 6.92 Å². The van der Waals surface area contributed by atoms with Gasteiger partial charge in [0.05, 0.1) is 0 Å². The number of ether oxygens (including phenoxy) is 2. The number of hydrogen-bond donors (Lipinski definition) is 0. The van der Waals surface area contributed by atoms with E-state index in [4.69, 9.17) is 9.47 Å². The molecule has 0 aromatic carbocycles. The van der Waals surface area contributed by atoms with Gasteiger partial charge >= 0.3 is 89.1 Å². The van der Waals surface area contributed by atoms with Crippen molar-refractivity contribution in [3.05, 3.63) is 5.21 Å². The molecule has 0 aromatic heterocycles. The van der Waals surface area contributed by atoms with Crippen molar-refractivity contribution in [1.29, 1.82) is 0 Å². The summed E-state index contributed by atoms with van der Waals surface area (Å²) >= 11 is 0. The van der Waals surface area contributed by atoms with Crippen LogP contribution in [0.2, 0.25) is 0 Å². The van der Waals surface area contributed by atoms with Crippen LogP contribution >= 0.6 is 7.92 Å². The third-order valence-electron chi connectivity index (χ3n) is 2.19. The van der Waals surface area contributed by atoms with E-state index < -0.39 is 11.8 Å². The Morgan fingerprint density at radius 3 is 2.93 bits per heavy atom. The van der Waals surface area contributed by atoms with Crippen LogP contribution < -0.4 is 0 Å². The number of hydroxylamine groups is 1. The zero-order valence-electron chi connectivity index (χ0n) is 8.80. The molecule has 0 saturated heterocycles. The fourth-order valence-corrected chi connectivity index (χ4v) is 2.04. The van der Waals surface area contributed by atoms with Gasteiger partial charge in [0.15, 0.2) is 0 Å². The summed E-state index contributed by atoms with van der Waals surface area (Å²) in [7, 11) is -0.357. The molecule has 0 aromatic rings. The van der Waals surface area contributed by atoms with Gasteiger partial charge in [0.2, 0.25) is 0 Å². The summed E-state index contributed by atoms with van der Waals surface area (Å²) in [5.74, 6) is 0. The van der Waals surface area contributed by atoms with Crippen LogP contribution in [0.1, 0.15) is 20.3 Å². The van der Waals surface area contributed by atoms with Crippen LogP contribution in [0.25, 0.3) is 0 Å². The zero-order valence-corrected chi connectivity index (χ0v) is 9.70. The summed E-state index contributed by atoms with van der Waals surface area (Å²) < 4.78 is 22.0. The molecule has 0 N–H and O–H groups in total. The average molecular weight is 231 g/mol. The first-order valence-corrected chi connectivity index (χ1v) is 5.67. The molecule has 5 nitrogen and oxygen atoms in total. The molecule has 6 heteroatoms. The molecule has 0 radical (unpaired) electrons. The molecular formula is C9H14NO4P. The van der Waals surface area contributed by atoms with Gasteiger partial charge in [-0.1, -0.05) is 0 Å². The topological polar surface area (TPSA) is 61.6 Å². The van der Waals surface area contributed by atoms with Gasteiger partial charge < -0.3 is 0 Å². The molecule has 1 aliphatic heterocycles. The van der Waals surface area contributed by atoms with Crippen LogP contribution in [0, 0.1) is 10.8 Å². The van der Waals surface area contributed by atoms with E-state index in [9.17, 15) is 9.77 Å². The summed E-state index contributed by atoms with van der Waals surface area (Å²) in [6.07, 6.45) is 1.43. The molecule has 0 amide bonds. The molecular weight excluding hydrogens is 217 g/mol. The molecule has 1 rings (SSSR count). The third kappa shape index (κ3) is 2.32. The van der Waals surface area contributed by atoms with Gasteiger partial charge in [0.1, 0.15) is 0 Å². The first-order chi connectivity index (χ1) is 7.21. The first-order valence-electron chi connectivity index (χ1n) is 4.86. The van der Waals surface area contributed by atoms with Crippen molar-refractivity contribution in [2.75, 3.05) is 13.2 Å². The Kier molecular flexibility index (Phi) is 4.55. The van der Waals surface area contributed by atoms with Crippen LogP contribution in [-0.4, -0.2) is 36.0 Å². The van der Waals surface area contributed by atoms with Crippen molar-refractivity contribution in [2.24, 2.45) is 0 Å². The molecule has 84 valence electrons. The van der Waals surface area contributed by atoms with Crippen LogP contribution in [0.3, 0.4) is 0 Å². The second kappa shape index (κ2) is 5.47. The molecule has 1 heterocycles. The second-order valence-electron chi connectivity index (χ2n) is 3.02. The van der Waals surface area contributed by atoms with E-state index in [-0.39, 0.29) is 7.92 Å². The van der Waals surface area contributed by atoms with Crippen molar-refractivity contribution < 1.29 is 18.8 Å². The summed E-state index contributed by atoms with van der Waals surface area (Å²) in [6, 6.07) is 0. The van der Waals surface area contributed by atoms with Gasteiger partial charge in [-0.15, -0.1) is 0 Å². The van der Waals surface area contributed by atoms with Crippen LogP contribution in [0.5, 0.6) is 0 Å². The Labute approximate surface area is 89.8 Å². The van der Waals surface area contributed by atoms with Gasteiger partial charge in [-0.3, -0.25) is 0 Å². The monoisotopic (exact) mass is 231 g/mol. The van der Waals surface area contributed by atoms with Crippen LogP contribution in [0.15, 0.2) is 0 Å². The van der Waals surface area contributed by atoms with Gasteiger partial charge in [-0.25, -0.2) is 0 Å². The first kappa shape index (κ1) is 12.5. The Morgan fingerprint density at radius 2 is 2.40 bits per heavy atom. The molecule has 0 saturated carbocycles. The third-order valence-corrected chi connectivity index (χ3v) is 2.60. The maximum absolute atomic E-state index is 11.6. The fraction of sp³-hybridized carbons (Fsp3) is 0.778. The number of rotatable bonds is 4. The predicted molar refractivity (Wildman–Crippen MR) is 55.6 cm³/mol. The SMILES string of the molecule is CCOC1CC=[N+]([O-])C1(C#P=O)OCC. The molecule has 0 spiro atoms. The van der Waals surface area contributed by atoms with Gasteiger partial charge in [-0.05, 0) is 0 Å². The minimum atomic E-state index is -1.35. The Hall–Kier alpha value is -0.600. The average Bonchev–Trinajstić information content (AvgIpc) is 2.49.